The highest BCUT2D eigenvalue weighted by Gasteiger charge is 2.06. The molecule has 0 aliphatic heterocycles. The first-order chi connectivity index (χ1) is 8.15. The Kier molecular flexibility index (Phi) is 3.64. The van der Waals surface area contributed by atoms with Gasteiger partial charge in [0.2, 0.25) is 0 Å². The van der Waals surface area contributed by atoms with Gasteiger partial charge in [-0.2, -0.15) is 0 Å². The third-order valence-electron chi connectivity index (χ3n) is 2.66. The molecule has 0 aromatic carbocycles. The largest absolute Gasteiger partial charge is 0.464 e. The summed E-state index contributed by atoms with van der Waals surface area (Å²) in [5, 5.41) is 3.33. The summed E-state index contributed by atoms with van der Waals surface area (Å²) in [6, 6.07) is 4.51. The fraction of sp³-hybridized carbons (Fsp3) is 0.462. The molecule has 2 aromatic rings. The number of hydrogen-bond donors (Lipinski definition) is 1. The second kappa shape index (κ2) is 5.19. The smallest absolute Gasteiger partial charge is 0.117 e. The lowest BCUT2D eigenvalue weighted by Crippen LogP contribution is -2.21. The molecule has 4 nitrogen and oxygen atoms in total. The SMILES string of the molecule is CC(C)NCc1ccc(Cc2nccn2C)o1. The van der Waals surface area contributed by atoms with E-state index in [-0.39, 0.29) is 0 Å². The van der Waals surface area contributed by atoms with Crippen LogP contribution in [0.15, 0.2) is 28.9 Å². The fourth-order valence-electron chi connectivity index (χ4n) is 1.64. The first kappa shape index (κ1) is 11.9. The van der Waals surface area contributed by atoms with Crippen molar-refractivity contribution in [3.8, 4) is 0 Å². The number of nitrogens with one attached hydrogen (secondary N) is 1. The second-order valence-electron chi connectivity index (χ2n) is 4.53. The molecule has 2 aromatic heterocycles. The van der Waals surface area contributed by atoms with Crippen LogP contribution in [0.1, 0.15) is 31.2 Å². The van der Waals surface area contributed by atoms with Crippen LogP contribution in [0.2, 0.25) is 0 Å². The molecular weight excluding hydrogens is 214 g/mol. The molecule has 0 saturated heterocycles. The first-order valence-electron chi connectivity index (χ1n) is 5.92. The highest BCUT2D eigenvalue weighted by atomic mass is 16.3. The number of aryl methyl sites for hydroxylation is 1. The lowest BCUT2D eigenvalue weighted by atomic mass is 10.3. The number of furan rings is 1. The van der Waals surface area contributed by atoms with Crippen LogP contribution in [-0.4, -0.2) is 15.6 Å². The van der Waals surface area contributed by atoms with Gasteiger partial charge in [0.1, 0.15) is 17.3 Å². The Morgan fingerprint density at radius 2 is 2.12 bits per heavy atom. The molecule has 0 saturated carbocycles. The number of hydrogen-bond acceptors (Lipinski definition) is 3. The number of aromatic nitrogens is 2. The van der Waals surface area contributed by atoms with E-state index in [1.54, 1.807) is 6.20 Å². The Morgan fingerprint density at radius 1 is 1.35 bits per heavy atom. The average Bonchev–Trinajstić information content (AvgIpc) is 2.87. The lowest BCUT2D eigenvalue weighted by Gasteiger charge is -2.05. The van der Waals surface area contributed by atoms with Gasteiger partial charge in [0.15, 0.2) is 0 Å². The van der Waals surface area contributed by atoms with Crippen molar-refractivity contribution < 1.29 is 4.42 Å². The molecule has 17 heavy (non-hydrogen) atoms. The van der Waals surface area contributed by atoms with Gasteiger partial charge in [0.05, 0.1) is 13.0 Å². The molecule has 0 spiro atoms. The molecule has 0 amide bonds. The van der Waals surface area contributed by atoms with Gasteiger partial charge in [-0.1, -0.05) is 13.8 Å². The van der Waals surface area contributed by atoms with Gasteiger partial charge < -0.3 is 14.3 Å². The Bertz CT molecular complexity index is 470. The number of rotatable bonds is 5. The van der Waals surface area contributed by atoms with E-state index < -0.39 is 0 Å². The van der Waals surface area contributed by atoms with E-state index in [4.69, 9.17) is 4.42 Å². The molecule has 1 N–H and O–H groups in total. The lowest BCUT2D eigenvalue weighted by molar-refractivity contribution is 0.438. The van der Waals surface area contributed by atoms with Gasteiger partial charge in [-0.15, -0.1) is 0 Å². The van der Waals surface area contributed by atoms with Crippen molar-refractivity contribution >= 4 is 0 Å². The number of imidazole rings is 1. The van der Waals surface area contributed by atoms with Crippen molar-refractivity contribution in [2.24, 2.45) is 7.05 Å². The van der Waals surface area contributed by atoms with Crippen LogP contribution in [0.4, 0.5) is 0 Å². The standard InChI is InChI=1S/C13H19N3O/c1-10(2)15-9-12-5-4-11(17-12)8-13-14-6-7-16(13)3/h4-7,10,15H,8-9H2,1-3H3. The molecule has 0 aliphatic rings. The van der Waals surface area contributed by atoms with Gasteiger partial charge in [-0.3, -0.25) is 0 Å². The maximum atomic E-state index is 5.75. The van der Waals surface area contributed by atoms with Crippen molar-refractivity contribution in [2.45, 2.75) is 32.9 Å². The maximum absolute atomic E-state index is 5.75. The molecule has 0 unspecified atom stereocenters. The summed E-state index contributed by atoms with van der Waals surface area (Å²) in [5.41, 5.74) is 0. The molecule has 0 aliphatic carbocycles. The van der Waals surface area contributed by atoms with Gasteiger partial charge in [-0.05, 0) is 12.1 Å². The Labute approximate surface area is 102 Å². The summed E-state index contributed by atoms with van der Waals surface area (Å²) >= 11 is 0. The van der Waals surface area contributed by atoms with E-state index in [9.17, 15) is 0 Å². The van der Waals surface area contributed by atoms with E-state index >= 15 is 0 Å². The predicted octanol–water partition coefficient (Wildman–Crippen LogP) is 2.10. The third kappa shape index (κ3) is 3.20. The molecule has 92 valence electrons. The first-order valence-corrected chi connectivity index (χ1v) is 5.92. The summed E-state index contributed by atoms with van der Waals surface area (Å²) < 4.78 is 7.76. The van der Waals surface area contributed by atoms with Crippen molar-refractivity contribution in [3.05, 3.63) is 41.9 Å². The molecule has 0 radical (unpaired) electrons. The van der Waals surface area contributed by atoms with Crippen LogP contribution in [0.3, 0.4) is 0 Å². The highest BCUT2D eigenvalue weighted by Crippen LogP contribution is 2.12. The van der Waals surface area contributed by atoms with Crippen LogP contribution in [0.5, 0.6) is 0 Å². The van der Waals surface area contributed by atoms with Crippen LogP contribution < -0.4 is 5.32 Å². The zero-order valence-electron chi connectivity index (χ0n) is 10.6. The highest BCUT2D eigenvalue weighted by molar-refractivity contribution is 5.12. The van der Waals surface area contributed by atoms with Gasteiger partial charge >= 0.3 is 0 Å². The van der Waals surface area contributed by atoms with Crippen LogP contribution in [-0.2, 0) is 20.0 Å². The monoisotopic (exact) mass is 233 g/mol. The van der Waals surface area contributed by atoms with Crippen molar-refractivity contribution in [1.29, 1.82) is 0 Å². The average molecular weight is 233 g/mol. The maximum Gasteiger partial charge on any atom is 0.117 e. The molecule has 2 heterocycles. The van der Waals surface area contributed by atoms with E-state index in [1.165, 1.54) is 0 Å². The van der Waals surface area contributed by atoms with Crippen molar-refractivity contribution in [3.63, 3.8) is 0 Å². The molecule has 2 rings (SSSR count). The summed E-state index contributed by atoms with van der Waals surface area (Å²) in [7, 11) is 1.99. The minimum absolute atomic E-state index is 0.470. The van der Waals surface area contributed by atoms with Gasteiger partial charge in [-0.25, -0.2) is 4.98 Å². The molecule has 4 heteroatoms. The summed E-state index contributed by atoms with van der Waals surface area (Å²) in [6.07, 6.45) is 4.49. The van der Waals surface area contributed by atoms with Crippen LogP contribution in [0, 0.1) is 0 Å². The van der Waals surface area contributed by atoms with Crippen LogP contribution >= 0.6 is 0 Å². The minimum Gasteiger partial charge on any atom is -0.464 e. The topological polar surface area (TPSA) is 43.0 Å². The van der Waals surface area contributed by atoms with Crippen LogP contribution in [0.25, 0.3) is 0 Å². The predicted molar refractivity (Wildman–Crippen MR) is 66.7 cm³/mol. The quantitative estimate of drug-likeness (QED) is 0.860. The second-order valence-corrected chi connectivity index (χ2v) is 4.53. The van der Waals surface area contributed by atoms with Gasteiger partial charge in [0.25, 0.3) is 0 Å². The molecule has 0 fully saturated rings. The summed E-state index contributed by atoms with van der Waals surface area (Å²) in [5.74, 6) is 2.95. The van der Waals surface area contributed by atoms with E-state index in [1.807, 2.05) is 29.9 Å². The van der Waals surface area contributed by atoms with E-state index in [0.29, 0.717) is 6.04 Å². The Morgan fingerprint density at radius 3 is 2.76 bits per heavy atom. The summed E-state index contributed by atoms with van der Waals surface area (Å²) in [4.78, 5) is 4.28. The van der Waals surface area contributed by atoms with Crippen molar-refractivity contribution in [2.75, 3.05) is 0 Å². The zero-order valence-corrected chi connectivity index (χ0v) is 10.6. The normalized spacial score (nSPS) is 11.3. The zero-order chi connectivity index (χ0) is 12.3. The fourth-order valence-corrected chi connectivity index (χ4v) is 1.64. The van der Waals surface area contributed by atoms with Crippen molar-refractivity contribution in [1.82, 2.24) is 14.9 Å². The molecule has 0 atom stereocenters. The number of nitrogens with zero attached hydrogens (tertiary/aromatic N) is 2. The molecular formula is C13H19N3O. The molecule has 0 bridgehead atoms. The summed E-state index contributed by atoms with van der Waals surface area (Å²) in [6.45, 7) is 5.02. The Hall–Kier alpha value is -1.55. The van der Waals surface area contributed by atoms with E-state index in [2.05, 4.69) is 24.1 Å². The third-order valence-corrected chi connectivity index (χ3v) is 2.66. The van der Waals surface area contributed by atoms with E-state index in [0.717, 1.165) is 30.3 Å². The minimum atomic E-state index is 0.470. The van der Waals surface area contributed by atoms with Gasteiger partial charge in [0, 0.05) is 25.5 Å². The Balaban J connectivity index is 1.97.